The Morgan fingerprint density at radius 2 is 1.86 bits per heavy atom. The fourth-order valence-corrected chi connectivity index (χ4v) is 1.80. The number of alkyl halides is 3. The maximum atomic E-state index is 12.5. The van der Waals surface area contributed by atoms with Crippen molar-refractivity contribution in [3.05, 3.63) is 42.4 Å². The lowest BCUT2D eigenvalue weighted by molar-refractivity contribution is -0.141. The molecule has 0 fully saturated rings. The van der Waals surface area contributed by atoms with E-state index in [-0.39, 0.29) is 0 Å². The molecule has 0 amide bonds. The van der Waals surface area contributed by atoms with E-state index in [0.717, 1.165) is 12.3 Å². The van der Waals surface area contributed by atoms with Gasteiger partial charge in [-0.3, -0.25) is 9.55 Å². The minimum atomic E-state index is -4.49. The van der Waals surface area contributed by atoms with E-state index in [4.69, 9.17) is 4.74 Å². The number of aromatic nitrogens is 2. The molecule has 22 heavy (non-hydrogen) atoms. The lowest BCUT2D eigenvalue weighted by atomic mass is 10.2. The summed E-state index contributed by atoms with van der Waals surface area (Å²) in [6.45, 7) is 5.19. The molecule has 0 bridgehead atoms. The highest BCUT2D eigenvalue weighted by molar-refractivity contribution is 5.78. The standard InChI is InChI=1S/C15H15F3N2O2/c1-14(2,3)22-13(21)20-8-4-5-11(20)10-6-7-12(19-9-10)15(16,17)18/h4-9H,1-3H3. The lowest BCUT2D eigenvalue weighted by Crippen LogP contribution is -2.27. The van der Waals surface area contributed by atoms with Crippen LogP contribution in [0.1, 0.15) is 26.5 Å². The molecular formula is C15H15F3N2O2. The van der Waals surface area contributed by atoms with Gasteiger partial charge in [-0.2, -0.15) is 13.2 Å². The van der Waals surface area contributed by atoms with Gasteiger partial charge in [-0.05, 0) is 45.0 Å². The lowest BCUT2D eigenvalue weighted by Gasteiger charge is -2.20. The normalized spacial score (nSPS) is 12.3. The Morgan fingerprint density at radius 3 is 2.36 bits per heavy atom. The molecule has 7 heteroatoms. The van der Waals surface area contributed by atoms with Gasteiger partial charge >= 0.3 is 12.3 Å². The summed E-state index contributed by atoms with van der Waals surface area (Å²) in [5, 5.41) is 0. The Morgan fingerprint density at radius 1 is 1.18 bits per heavy atom. The summed E-state index contributed by atoms with van der Waals surface area (Å²) in [6.07, 6.45) is -2.53. The summed E-state index contributed by atoms with van der Waals surface area (Å²) in [4.78, 5) is 15.5. The van der Waals surface area contributed by atoms with Crippen LogP contribution >= 0.6 is 0 Å². The van der Waals surface area contributed by atoms with E-state index in [2.05, 4.69) is 4.98 Å². The topological polar surface area (TPSA) is 44.1 Å². The molecule has 2 rings (SSSR count). The van der Waals surface area contributed by atoms with Gasteiger partial charge in [0.2, 0.25) is 0 Å². The van der Waals surface area contributed by atoms with Crippen LogP contribution in [0, 0.1) is 0 Å². The van der Waals surface area contributed by atoms with Crippen molar-refractivity contribution in [3.63, 3.8) is 0 Å². The second-order valence-electron chi connectivity index (χ2n) is 5.67. The van der Waals surface area contributed by atoms with Crippen molar-refractivity contribution in [2.24, 2.45) is 0 Å². The average Bonchev–Trinajstić information content (AvgIpc) is 2.85. The van der Waals surface area contributed by atoms with Crippen LogP contribution in [0.15, 0.2) is 36.7 Å². The third kappa shape index (κ3) is 3.66. The van der Waals surface area contributed by atoms with E-state index in [9.17, 15) is 18.0 Å². The number of nitrogens with zero attached hydrogens (tertiary/aromatic N) is 2. The third-order valence-electron chi connectivity index (χ3n) is 2.69. The Labute approximate surface area is 125 Å². The molecule has 0 radical (unpaired) electrons. The summed E-state index contributed by atoms with van der Waals surface area (Å²) in [7, 11) is 0. The molecule has 0 spiro atoms. The average molecular weight is 312 g/mol. The van der Waals surface area contributed by atoms with E-state index < -0.39 is 23.6 Å². The Hall–Kier alpha value is -2.31. The van der Waals surface area contributed by atoms with Gasteiger partial charge in [-0.15, -0.1) is 0 Å². The summed E-state index contributed by atoms with van der Waals surface area (Å²) in [5.41, 5.74) is -0.845. The zero-order valence-corrected chi connectivity index (χ0v) is 12.3. The van der Waals surface area contributed by atoms with Crippen molar-refractivity contribution < 1.29 is 22.7 Å². The zero-order chi connectivity index (χ0) is 16.5. The van der Waals surface area contributed by atoms with Gasteiger partial charge in [0.05, 0.1) is 5.69 Å². The quantitative estimate of drug-likeness (QED) is 0.786. The van der Waals surface area contributed by atoms with Crippen LogP contribution in [-0.4, -0.2) is 21.2 Å². The maximum Gasteiger partial charge on any atom is 0.433 e. The molecule has 4 nitrogen and oxygen atoms in total. The van der Waals surface area contributed by atoms with E-state index in [1.54, 1.807) is 32.9 Å². The largest absolute Gasteiger partial charge is 0.443 e. The molecule has 0 N–H and O–H groups in total. The predicted octanol–water partition coefficient (Wildman–Crippen LogP) is 4.35. The molecule has 0 atom stereocenters. The smallest absolute Gasteiger partial charge is 0.433 e. The van der Waals surface area contributed by atoms with Gasteiger partial charge in [-0.25, -0.2) is 4.79 Å². The van der Waals surface area contributed by atoms with E-state index >= 15 is 0 Å². The number of carbonyl (C=O) groups excluding carboxylic acids is 1. The number of halogens is 3. The van der Waals surface area contributed by atoms with E-state index in [0.29, 0.717) is 11.3 Å². The number of hydrogen-bond donors (Lipinski definition) is 0. The van der Waals surface area contributed by atoms with Crippen molar-refractivity contribution in [1.29, 1.82) is 0 Å². The van der Waals surface area contributed by atoms with Gasteiger partial charge < -0.3 is 4.74 Å². The van der Waals surface area contributed by atoms with Crippen LogP contribution in [0.2, 0.25) is 0 Å². The third-order valence-corrected chi connectivity index (χ3v) is 2.69. The summed E-state index contributed by atoms with van der Waals surface area (Å²) < 4.78 is 44.0. The molecule has 0 saturated carbocycles. The second-order valence-corrected chi connectivity index (χ2v) is 5.67. The number of rotatable bonds is 1. The van der Waals surface area contributed by atoms with Crippen molar-refractivity contribution in [1.82, 2.24) is 9.55 Å². The predicted molar refractivity (Wildman–Crippen MR) is 74.3 cm³/mol. The number of hydrogen-bond acceptors (Lipinski definition) is 3. The number of pyridine rings is 1. The Balaban J connectivity index is 2.31. The highest BCUT2D eigenvalue weighted by Crippen LogP contribution is 2.29. The van der Waals surface area contributed by atoms with Crippen molar-refractivity contribution in [2.75, 3.05) is 0 Å². The fourth-order valence-electron chi connectivity index (χ4n) is 1.80. The first-order chi connectivity index (χ1) is 10.1. The Bertz CT molecular complexity index is 667. The molecule has 0 aromatic carbocycles. The Kier molecular flexibility index (Phi) is 4.00. The molecule has 0 unspecified atom stereocenters. The van der Waals surface area contributed by atoms with Gasteiger partial charge in [-0.1, -0.05) is 0 Å². The molecule has 2 aromatic rings. The van der Waals surface area contributed by atoms with E-state index in [1.807, 2.05) is 0 Å². The summed E-state index contributed by atoms with van der Waals surface area (Å²) in [5.74, 6) is 0. The molecule has 2 heterocycles. The molecule has 0 saturated heterocycles. The SMILES string of the molecule is CC(C)(C)OC(=O)n1cccc1-c1ccc(C(F)(F)F)nc1. The summed E-state index contributed by atoms with van der Waals surface area (Å²) in [6, 6.07) is 5.36. The van der Waals surface area contributed by atoms with Crippen LogP contribution in [0.5, 0.6) is 0 Å². The van der Waals surface area contributed by atoms with Gasteiger partial charge in [0.1, 0.15) is 11.3 Å². The molecule has 0 aliphatic carbocycles. The highest BCUT2D eigenvalue weighted by Gasteiger charge is 2.32. The van der Waals surface area contributed by atoms with Gasteiger partial charge in [0.15, 0.2) is 0 Å². The monoisotopic (exact) mass is 312 g/mol. The van der Waals surface area contributed by atoms with Crippen molar-refractivity contribution >= 4 is 6.09 Å². The summed E-state index contributed by atoms with van der Waals surface area (Å²) >= 11 is 0. The number of ether oxygens (including phenoxy) is 1. The fraction of sp³-hybridized carbons (Fsp3) is 0.333. The zero-order valence-electron chi connectivity index (χ0n) is 12.3. The maximum absolute atomic E-state index is 12.5. The first-order valence-electron chi connectivity index (χ1n) is 6.52. The second kappa shape index (κ2) is 5.47. The molecular weight excluding hydrogens is 297 g/mol. The molecule has 2 aromatic heterocycles. The minimum absolute atomic E-state index is 0.392. The first-order valence-corrected chi connectivity index (χ1v) is 6.52. The van der Waals surface area contributed by atoms with Crippen LogP contribution in [-0.2, 0) is 10.9 Å². The van der Waals surface area contributed by atoms with Crippen LogP contribution in [0.25, 0.3) is 11.3 Å². The number of carbonyl (C=O) groups is 1. The molecule has 0 aliphatic heterocycles. The van der Waals surface area contributed by atoms with E-state index in [1.165, 1.54) is 16.8 Å². The van der Waals surface area contributed by atoms with Gasteiger partial charge in [0, 0.05) is 18.0 Å². The molecule has 0 aliphatic rings. The van der Waals surface area contributed by atoms with Gasteiger partial charge in [0.25, 0.3) is 0 Å². The highest BCUT2D eigenvalue weighted by atomic mass is 19.4. The van der Waals surface area contributed by atoms with Crippen LogP contribution < -0.4 is 0 Å². The van der Waals surface area contributed by atoms with Crippen molar-refractivity contribution in [3.8, 4) is 11.3 Å². The molecule has 118 valence electrons. The van der Waals surface area contributed by atoms with Crippen LogP contribution in [0.4, 0.5) is 18.0 Å². The first kappa shape index (κ1) is 16.1. The van der Waals surface area contributed by atoms with Crippen LogP contribution in [0.3, 0.4) is 0 Å². The van der Waals surface area contributed by atoms with Crippen molar-refractivity contribution in [2.45, 2.75) is 32.5 Å². The minimum Gasteiger partial charge on any atom is -0.443 e.